The monoisotopic (exact) mass is 273 g/mol. The third kappa shape index (κ3) is 4.20. The van der Waals surface area contributed by atoms with Gasteiger partial charge in [0.25, 0.3) is 0 Å². The molecule has 5 nitrogen and oxygen atoms in total. The summed E-state index contributed by atoms with van der Waals surface area (Å²) in [6, 6.07) is 10.1. The Balaban J connectivity index is 1.93. The molecule has 1 aromatic heterocycles. The topological polar surface area (TPSA) is 56.1 Å². The lowest BCUT2D eigenvalue weighted by molar-refractivity contribution is -0.116. The van der Waals surface area contributed by atoms with E-state index in [0.29, 0.717) is 31.9 Å². The molecule has 2 aromatic rings. The first-order valence-corrected chi connectivity index (χ1v) is 6.63. The summed E-state index contributed by atoms with van der Waals surface area (Å²) in [5.41, 5.74) is 1.17. The molecule has 0 aliphatic heterocycles. The van der Waals surface area contributed by atoms with Crippen LogP contribution in [0, 0.1) is 0 Å². The fourth-order valence-corrected chi connectivity index (χ4v) is 1.91. The van der Waals surface area contributed by atoms with Gasteiger partial charge in [0.05, 0.1) is 6.54 Å². The summed E-state index contributed by atoms with van der Waals surface area (Å²) in [6.07, 6.45) is 4.69. The van der Waals surface area contributed by atoms with Gasteiger partial charge in [0.1, 0.15) is 0 Å². The van der Waals surface area contributed by atoms with Gasteiger partial charge in [0, 0.05) is 32.5 Å². The molecule has 0 radical (unpaired) electrons. The standard InChI is InChI=1S/C15H19N3O2/c1-20-11-5-8-14(19)17-15-16-9-10-18(15)12-13-6-3-2-4-7-13/h2-4,6-7,9-10H,5,8,11-12H2,1H3,(H,16,17,19). The van der Waals surface area contributed by atoms with Gasteiger partial charge in [0.15, 0.2) is 0 Å². The van der Waals surface area contributed by atoms with Gasteiger partial charge >= 0.3 is 0 Å². The molecule has 1 aromatic carbocycles. The van der Waals surface area contributed by atoms with Crippen LogP contribution in [-0.4, -0.2) is 29.2 Å². The molecule has 5 heteroatoms. The van der Waals surface area contributed by atoms with Crippen molar-refractivity contribution in [1.29, 1.82) is 0 Å². The average molecular weight is 273 g/mol. The van der Waals surface area contributed by atoms with Gasteiger partial charge in [-0.1, -0.05) is 30.3 Å². The predicted octanol–water partition coefficient (Wildman–Crippen LogP) is 2.30. The van der Waals surface area contributed by atoms with Crippen molar-refractivity contribution in [3.8, 4) is 0 Å². The van der Waals surface area contributed by atoms with Crippen molar-refractivity contribution in [3.05, 3.63) is 48.3 Å². The second-order valence-corrected chi connectivity index (χ2v) is 4.51. The first-order valence-electron chi connectivity index (χ1n) is 6.63. The fraction of sp³-hybridized carbons (Fsp3) is 0.333. The minimum Gasteiger partial charge on any atom is -0.385 e. The van der Waals surface area contributed by atoms with Gasteiger partial charge in [-0.3, -0.25) is 10.1 Å². The van der Waals surface area contributed by atoms with E-state index in [2.05, 4.69) is 10.3 Å². The van der Waals surface area contributed by atoms with Gasteiger partial charge in [-0.2, -0.15) is 0 Å². The number of nitrogens with zero attached hydrogens (tertiary/aromatic N) is 2. The van der Waals surface area contributed by atoms with Crippen LogP contribution in [0.25, 0.3) is 0 Å². The summed E-state index contributed by atoms with van der Waals surface area (Å²) in [5.74, 6) is 0.541. The highest BCUT2D eigenvalue weighted by Crippen LogP contribution is 2.09. The number of nitrogens with one attached hydrogen (secondary N) is 1. The highest BCUT2D eigenvalue weighted by Gasteiger charge is 2.07. The van der Waals surface area contributed by atoms with Crippen molar-refractivity contribution < 1.29 is 9.53 Å². The molecule has 1 heterocycles. The molecule has 0 saturated heterocycles. The van der Waals surface area contributed by atoms with E-state index >= 15 is 0 Å². The summed E-state index contributed by atoms with van der Waals surface area (Å²) in [4.78, 5) is 16.0. The zero-order chi connectivity index (χ0) is 14.2. The Morgan fingerprint density at radius 3 is 2.90 bits per heavy atom. The highest BCUT2D eigenvalue weighted by molar-refractivity contribution is 5.89. The predicted molar refractivity (Wildman–Crippen MR) is 77.5 cm³/mol. The van der Waals surface area contributed by atoms with Crippen molar-refractivity contribution in [2.75, 3.05) is 19.0 Å². The van der Waals surface area contributed by atoms with Crippen molar-refractivity contribution in [1.82, 2.24) is 9.55 Å². The molecule has 0 aliphatic rings. The normalized spacial score (nSPS) is 10.4. The minimum absolute atomic E-state index is 0.0393. The smallest absolute Gasteiger partial charge is 0.226 e. The lowest BCUT2D eigenvalue weighted by atomic mass is 10.2. The Bertz CT molecular complexity index is 537. The van der Waals surface area contributed by atoms with E-state index in [1.807, 2.05) is 41.1 Å². The second-order valence-electron chi connectivity index (χ2n) is 4.51. The number of benzene rings is 1. The van der Waals surface area contributed by atoms with Crippen LogP contribution in [0.3, 0.4) is 0 Å². The van der Waals surface area contributed by atoms with Gasteiger partial charge < -0.3 is 9.30 Å². The average Bonchev–Trinajstić information content (AvgIpc) is 2.87. The van der Waals surface area contributed by atoms with Gasteiger partial charge in [-0.25, -0.2) is 4.98 Å². The van der Waals surface area contributed by atoms with E-state index in [-0.39, 0.29) is 5.91 Å². The Labute approximate surface area is 118 Å². The number of carbonyl (C=O) groups excluding carboxylic acids is 1. The zero-order valence-electron chi connectivity index (χ0n) is 11.6. The first-order chi connectivity index (χ1) is 9.79. The Kier molecular flexibility index (Phi) is 5.32. The van der Waals surface area contributed by atoms with E-state index < -0.39 is 0 Å². The molecule has 0 saturated carbocycles. The molecule has 20 heavy (non-hydrogen) atoms. The van der Waals surface area contributed by atoms with Crippen molar-refractivity contribution in [2.24, 2.45) is 0 Å². The molecule has 1 N–H and O–H groups in total. The van der Waals surface area contributed by atoms with Crippen molar-refractivity contribution >= 4 is 11.9 Å². The molecular weight excluding hydrogens is 254 g/mol. The molecule has 0 fully saturated rings. The van der Waals surface area contributed by atoms with Crippen LogP contribution in [0.1, 0.15) is 18.4 Å². The molecule has 2 rings (SSSR count). The van der Waals surface area contributed by atoms with E-state index in [1.165, 1.54) is 5.56 Å². The molecule has 0 aliphatic carbocycles. The van der Waals surface area contributed by atoms with Crippen molar-refractivity contribution in [3.63, 3.8) is 0 Å². The van der Waals surface area contributed by atoms with Crippen molar-refractivity contribution in [2.45, 2.75) is 19.4 Å². The Morgan fingerprint density at radius 2 is 2.15 bits per heavy atom. The van der Waals surface area contributed by atoms with Crippen LogP contribution in [0.5, 0.6) is 0 Å². The third-order valence-electron chi connectivity index (χ3n) is 2.91. The van der Waals surface area contributed by atoms with Crippen LogP contribution in [0.15, 0.2) is 42.7 Å². The van der Waals surface area contributed by atoms with Crippen LogP contribution >= 0.6 is 0 Å². The van der Waals surface area contributed by atoms with Crippen LogP contribution < -0.4 is 5.32 Å². The lowest BCUT2D eigenvalue weighted by Crippen LogP contribution is -2.16. The summed E-state index contributed by atoms with van der Waals surface area (Å²) >= 11 is 0. The quantitative estimate of drug-likeness (QED) is 0.787. The number of carbonyl (C=O) groups is 1. The molecule has 0 atom stereocenters. The first kappa shape index (κ1) is 14.3. The Morgan fingerprint density at radius 1 is 1.35 bits per heavy atom. The van der Waals surface area contributed by atoms with Crippen LogP contribution in [0.2, 0.25) is 0 Å². The molecule has 1 amide bonds. The maximum absolute atomic E-state index is 11.8. The lowest BCUT2D eigenvalue weighted by Gasteiger charge is -2.09. The SMILES string of the molecule is COCCCC(=O)Nc1nccn1Cc1ccccc1. The molecule has 106 valence electrons. The number of aromatic nitrogens is 2. The zero-order valence-corrected chi connectivity index (χ0v) is 11.6. The number of methoxy groups -OCH3 is 1. The highest BCUT2D eigenvalue weighted by atomic mass is 16.5. The third-order valence-corrected chi connectivity index (χ3v) is 2.91. The minimum atomic E-state index is -0.0393. The number of amides is 1. The van der Waals surface area contributed by atoms with Crippen LogP contribution in [0.4, 0.5) is 5.95 Å². The number of rotatable bonds is 7. The van der Waals surface area contributed by atoms with Gasteiger partial charge in [-0.15, -0.1) is 0 Å². The fourth-order valence-electron chi connectivity index (χ4n) is 1.91. The maximum atomic E-state index is 11.8. The largest absolute Gasteiger partial charge is 0.385 e. The van der Waals surface area contributed by atoms with E-state index in [4.69, 9.17) is 4.74 Å². The van der Waals surface area contributed by atoms with E-state index in [1.54, 1.807) is 13.3 Å². The molecule has 0 unspecified atom stereocenters. The maximum Gasteiger partial charge on any atom is 0.226 e. The second kappa shape index (κ2) is 7.45. The number of hydrogen-bond acceptors (Lipinski definition) is 3. The molecule has 0 bridgehead atoms. The summed E-state index contributed by atoms with van der Waals surface area (Å²) < 4.78 is 6.85. The number of anilines is 1. The summed E-state index contributed by atoms with van der Waals surface area (Å²) in [5, 5.41) is 2.83. The van der Waals surface area contributed by atoms with E-state index in [0.717, 1.165) is 0 Å². The molecule has 0 spiro atoms. The number of ether oxygens (including phenoxy) is 1. The van der Waals surface area contributed by atoms with Gasteiger partial charge in [0.2, 0.25) is 11.9 Å². The number of imidazole rings is 1. The van der Waals surface area contributed by atoms with Crippen LogP contribution in [-0.2, 0) is 16.1 Å². The summed E-state index contributed by atoms with van der Waals surface area (Å²) in [6.45, 7) is 1.28. The molecular formula is C15H19N3O2. The Hall–Kier alpha value is -2.14. The van der Waals surface area contributed by atoms with Gasteiger partial charge in [-0.05, 0) is 12.0 Å². The van der Waals surface area contributed by atoms with E-state index in [9.17, 15) is 4.79 Å². The summed E-state index contributed by atoms with van der Waals surface area (Å²) in [7, 11) is 1.63. The number of hydrogen-bond donors (Lipinski definition) is 1.